The van der Waals surface area contributed by atoms with E-state index >= 15 is 0 Å². The zero-order valence-corrected chi connectivity index (χ0v) is 17.7. The molecule has 1 aromatic rings. The van der Waals surface area contributed by atoms with Crippen molar-refractivity contribution < 1.29 is 14.3 Å². The van der Waals surface area contributed by atoms with E-state index in [0.717, 1.165) is 51.1 Å². The number of hydrogen-bond donors (Lipinski definition) is 2. The number of carbonyl (C=O) groups excluding carboxylic acids is 1. The predicted molar refractivity (Wildman–Crippen MR) is 114 cm³/mol. The fourth-order valence-corrected chi connectivity index (χ4v) is 2.93. The molecule has 8 nitrogen and oxygen atoms in total. The lowest BCUT2D eigenvalue weighted by atomic mass is 10.2. The Balaban J connectivity index is 1.62. The molecule has 1 saturated heterocycles. The first-order chi connectivity index (χ1) is 14.2. The van der Waals surface area contributed by atoms with Gasteiger partial charge < -0.3 is 25.0 Å². The van der Waals surface area contributed by atoms with Gasteiger partial charge in [-0.15, -0.1) is 0 Å². The Morgan fingerprint density at radius 2 is 2.31 bits per heavy atom. The first kappa shape index (κ1) is 23.1. The summed E-state index contributed by atoms with van der Waals surface area (Å²) in [5.41, 5.74) is 0.979. The fourth-order valence-electron chi connectivity index (χ4n) is 2.93. The third-order valence-electron chi connectivity index (χ3n) is 4.66. The number of amides is 1. The van der Waals surface area contributed by atoms with Gasteiger partial charge in [0.1, 0.15) is 6.54 Å². The largest absolute Gasteiger partial charge is 0.379 e. The Kier molecular flexibility index (Phi) is 11.1. The molecule has 0 aromatic carbocycles. The maximum atomic E-state index is 12.3. The van der Waals surface area contributed by atoms with E-state index in [-0.39, 0.29) is 18.6 Å². The number of pyridine rings is 1. The van der Waals surface area contributed by atoms with Crippen LogP contribution in [0.15, 0.2) is 29.4 Å². The average Bonchev–Trinajstić information content (AvgIpc) is 3.26. The molecule has 2 N–H and O–H groups in total. The van der Waals surface area contributed by atoms with Crippen molar-refractivity contribution in [2.24, 2.45) is 4.99 Å². The number of ether oxygens (including phenoxy) is 2. The Bertz CT molecular complexity index is 606. The molecule has 1 fully saturated rings. The molecule has 2 heterocycles. The minimum atomic E-state index is -0.0157. The second-order valence-electron chi connectivity index (χ2n) is 7.07. The van der Waals surface area contributed by atoms with Gasteiger partial charge in [0.25, 0.3) is 0 Å². The van der Waals surface area contributed by atoms with E-state index in [9.17, 15) is 4.79 Å². The van der Waals surface area contributed by atoms with Gasteiger partial charge in [-0.25, -0.2) is 4.99 Å². The molecule has 0 aliphatic carbocycles. The van der Waals surface area contributed by atoms with Crippen molar-refractivity contribution >= 4 is 11.9 Å². The van der Waals surface area contributed by atoms with Crippen molar-refractivity contribution in [1.29, 1.82) is 0 Å². The van der Waals surface area contributed by atoms with Gasteiger partial charge in [0, 0.05) is 58.2 Å². The summed E-state index contributed by atoms with van der Waals surface area (Å²) in [4.78, 5) is 22.7. The van der Waals surface area contributed by atoms with Crippen LogP contribution in [0, 0.1) is 0 Å². The van der Waals surface area contributed by atoms with Gasteiger partial charge in [0.15, 0.2) is 5.96 Å². The Morgan fingerprint density at radius 1 is 1.41 bits per heavy atom. The molecule has 29 heavy (non-hydrogen) atoms. The second-order valence-corrected chi connectivity index (χ2v) is 7.07. The summed E-state index contributed by atoms with van der Waals surface area (Å²) in [6, 6.07) is 5.81. The molecule has 1 aliphatic rings. The standard InChI is InChI=1S/C21H35N5O3/c1-3-22-21(24-12-7-14-28-17-19-9-6-15-29-19)25-16-20(27)26(2)13-10-18-8-4-5-11-23-18/h4-5,8,11,19H,3,6-7,9-10,12-17H2,1-2H3,(H2,22,24,25). The lowest BCUT2D eigenvalue weighted by Crippen LogP contribution is -2.39. The van der Waals surface area contributed by atoms with Crippen LogP contribution in [0.3, 0.4) is 0 Å². The number of guanidine groups is 1. The van der Waals surface area contributed by atoms with Crippen LogP contribution in [0.2, 0.25) is 0 Å². The van der Waals surface area contributed by atoms with Crippen LogP contribution in [0.1, 0.15) is 31.9 Å². The van der Waals surface area contributed by atoms with Crippen LogP contribution in [0.5, 0.6) is 0 Å². The van der Waals surface area contributed by atoms with E-state index in [2.05, 4.69) is 20.6 Å². The van der Waals surface area contributed by atoms with Crippen LogP contribution in [-0.2, 0) is 20.7 Å². The van der Waals surface area contributed by atoms with Gasteiger partial charge >= 0.3 is 0 Å². The Hall–Kier alpha value is -2.19. The summed E-state index contributed by atoms with van der Waals surface area (Å²) < 4.78 is 11.2. The highest BCUT2D eigenvalue weighted by atomic mass is 16.5. The average molecular weight is 406 g/mol. The van der Waals surface area contributed by atoms with Gasteiger partial charge in [0.2, 0.25) is 5.91 Å². The smallest absolute Gasteiger partial charge is 0.244 e. The molecular formula is C21H35N5O3. The Morgan fingerprint density at radius 3 is 3.03 bits per heavy atom. The first-order valence-electron chi connectivity index (χ1n) is 10.5. The number of aromatic nitrogens is 1. The zero-order valence-electron chi connectivity index (χ0n) is 17.7. The minimum absolute atomic E-state index is 0.0157. The fraction of sp³-hybridized carbons (Fsp3) is 0.667. The molecule has 2 rings (SSSR count). The zero-order chi connectivity index (χ0) is 20.7. The molecule has 1 atom stereocenters. The van der Waals surface area contributed by atoms with Crippen molar-refractivity contribution in [2.45, 2.75) is 38.7 Å². The number of likely N-dealkylation sites (N-methyl/N-ethyl adjacent to an activating group) is 1. The minimum Gasteiger partial charge on any atom is -0.379 e. The van der Waals surface area contributed by atoms with E-state index in [1.807, 2.05) is 25.1 Å². The van der Waals surface area contributed by atoms with Crippen molar-refractivity contribution in [1.82, 2.24) is 20.5 Å². The lowest BCUT2D eigenvalue weighted by Gasteiger charge is -2.17. The van der Waals surface area contributed by atoms with E-state index < -0.39 is 0 Å². The van der Waals surface area contributed by atoms with Gasteiger partial charge in [-0.3, -0.25) is 9.78 Å². The number of nitrogens with one attached hydrogen (secondary N) is 2. The SMILES string of the molecule is CCNC(=NCC(=O)N(C)CCc1ccccn1)NCCCOCC1CCCO1. The molecular weight excluding hydrogens is 370 g/mol. The second kappa shape index (κ2) is 13.9. The van der Waals surface area contributed by atoms with Crippen molar-refractivity contribution in [3.8, 4) is 0 Å². The lowest BCUT2D eigenvalue weighted by molar-refractivity contribution is -0.128. The molecule has 0 spiro atoms. The number of aliphatic imine (C=N–C) groups is 1. The van der Waals surface area contributed by atoms with E-state index in [0.29, 0.717) is 25.7 Å². The topological polar surface area (TPSA) is 88.1 Å². The summed E-state index contributed by atoms with van der Waals surface area (Å²) in [6.45, 7) is 6.43. The summed E-state index contributed by atoms with van der Waals surface area (Å²) in [5, 5.41) is 6.42. The quantitative estimate of drug-likeness (QED) is 0.309. The van der Waals surface area contributed by atoms with E-state index in [4.69, 9.17) is 9.47 Å². The highest BCUT2D eigenvalue weighted by Crippen LogP contribution is 2.11. The number of hydrogen-bond acceptors (Lipinski definition) is 5. The highest BCUT2D eigenvalue weighted by Gasteiger charge is 2.15. The van der Waals surface area contributed by atoms with Crippen LogP contribution < -0.4 is 10.6 Å². The number of nitrogens with zero attached hydrogens (tertiary/aromatic N) is 3. The maximum absolute atomic E-state index is 12.3. The normalized spacial score (nSPS) is 16.6. The number of carbonyl (C=O) groups is 1. The van der Waals surface area contributed by atoms with Crippen molar-refractivity contribution in [3.05, 3.63) is 30.1 Å². The predicted octanol–water partition coefficient (Wildman–Crippen LogP) is 1.22. The Labute approximate surface area is 174 Å². The monoisotopic (exact) mass is 405 g/mol. The molecule has 0 radical (unpaired) electrons. The maximum Gasteiger partial charge on any atom is 0.244 e. The first-order valence-corrected chi connectivity index (χ1v) is 10.5. The third kappa shape index (κ3) is 9.71. The molecule has 1 unspecified atom stereocenters. The molecule has 1 aliphatic heterocycles. The molecule has 0 saturated carbocycles. The van der Waals surface area contributed by atoms with E-state index in [1.165, 1.54) is 0 Å². The van der Waals surface area contributed by atoms with Gasteiger partial charge in [-0.1, -0.05) is 6.07 Å². The summed E-state index contributed by atoms with van der Waals surface area (Å²) in [6.07, 6.45) is 5.87. The van der Waals surface area contributed by atoms with Crippen molar-refractivity contribution in [3.63, 3.8) is 0 Å². The summed E-state index contributed by atoms with van der Waals surface area (Å²) in [7, 11) is 1.80. The summed E-state index contributed by atoms with van der Waals surface area (Å²) >= 11 is 0. The highest BCUT2D eigenvalue weighted by molar-refractivity contribution is 5.84. The number of rotatable bonds is 12. The molecule has 0 bridgehead atoms. The molecule has 1 aromatic heterocycles. The third-order valence-corrected chi connectivity index (χ3v) is 4.66. The van der Waals surface area contributed by atoms with Crippen LogP contribution >= 0.6 is 0 Å². The van der Waals surface area contributed by atoms with E-state index in [1.54, 1.807) is 18.1 Å². The summed E-state index contributed by atoms with van der Waals surface area (Å²) in [5.74, 6) is 0.635. The van der Waals surface area contributed by atoms with Gasteiger partial charge in [-0.2, -0.15) is 0 Å². The van der Waals surface area contributed by atoms with Gasteiger partial charge in [-0.05, 0) is 38.3 Å². The van der Waals surface area contributed by atoms with Gasteiger partial charge in [0.05, 0.1) is 12.7 Å². The van der Waals surface area contributed by atoms with Crippen molar-refractivity contribution in [2.75, 3.05) is 53.0 Å². The molecule has 8 heteroatoms. The molecule has 162 valence electrons. The van der Waals surface area contributed by atoms with Crippen LogP contribution in [0.25, 0.3) is 0 Å². The molecule has 1 amide bonds. The van der Waals surface area contributed by atoms with Crippen LogP contribution in [0.4, 0.5) is 0 Å². The van der Waals surface area contributed by atoms with Crippen LogP contribution in [-0.4, -0.2) is 80.9 Å².